The van der Waals surface area contributed by atoms with Crippen LogP contribution in [0.1, 0.15) is 47.8 Å². The molecule has 2 aromatic carbocycles. The molecule has 0 spiro atoms. The zero-order valence-electron chi connectivity index (χ0n) is 13.4. The molecule has 0 unspecified atom stereocenters. The Morgan fingerprint density at radius 2 is 1.77 bits per heavy atom. The number of ether oxygens (including phenoxy) is 1. The number of carbonyl (C=O) groups is 1. The van der Waals surface area contributed by atoms with Crippen LogP contribution in [0.3, 0.4) is 0 Å². The van der Waals surface area contributed by atoms with Gasteiger partial charge in [-0.2, -0.15) is 0 Å². The molecule has 0 radical (unpaired) electrons. The molecule has 0 N–H and O–H groups in total. The summed E-state index contributed by atoms with van der Waals surface area (Å²) in [7, 11) is 0. The van der Waals surface area contributed by atoms with Gasteiger partial charge in [0.15, 0.2) is 0 Å². The summed E-state index contributed by atoms with van der Waals surface area (Å²) < 4.78 is 5.70. The lowest BCUT2D eigenvalue weighted by Gasteiger charge is -2.26. The molecule has 0 saturated carbocycles. The van der Waals surface area contributed by atoms with Crippen LogP contribution in [0.5, 0.6) is 0 Å². The summed E-state index contributed by atoms with van der Waals surface area (Å²) in [4.78, 5) is 12.4. The van der Waals surface area contributed by atoms with Gasteiger partial charge in [0.05, 0.1) is 5.56 Å². The number of hydrogen-bond donors (Lipinski definition) is 0. The third kappa shape index (κ3) is 3.69. The van der Waals surface area contributed by atoms with Gasteiger partial charge in [-0.05, 0) is 68.1 Å². The van der Waals surface area contributed by atoms with Crippen LogP contribution >= 0.6 is 11.6 Å². The zero-order valence-corrected chi connectivity index (χ0v) is 14.2. The number of carbonyl (C=O) groups excluding carboxylic acids is 1. The Kier molecular flexibility index (Phi) is 4.92. The quantitative estimate of drug-likeness (QED) is 0.715. The van der Waals surface area contributed by atoms with E-state index in [1.807, 2.05) is 51.1 Å². The van der Waals surface area contributed by atoms with Crippen molar-refractivity contribution >= 4 is 17.6 Å². The second-order valence-electron chi connectivity index (χ2n) is 5.90. The molecular formula is C19H21ClO2. The number of halogens is 1. The molecule has 116 valence electrons. The SMILES string of the molecule is CCc1ccc(C(=O)OC(C)(C)c2ccc(Cl)cc2)cc1C. The Labute approximate surface area is 137 Å². The monoisotopic (exact) mass is 316 g/mol. The molecule has 0 heterocycles. The van der Waals surface area contributed by atoms with E-state index in [-0.39, 0.29) is 5.97 Å². The minimum Gasteiger partial charge on any atom is -0.451 e. The van der Waals surface area contributed by atoms with Crippen molar-refractivity contribution in [3.63, 3.8) is 0 Å². The van der Waals surface area contributed by atoms with Gasteiger partial charge in [-0.1, -0.05) is 36.7 Å². The second kappa shape index (κ2) is 6.53. The van der Waals surface area contributed by atoms with Crippen LogP contribution < -0.4 is 0 Å². The van der Waals surface area contributed by atoms with Crippen LogP contribution in [0.4, 0.5) is 0 Å². The van der Waals surface area contributed by atoms with Gasteiger partial charge in [-0.15, -0.1) is 0 Å². The Bertz CT molecular complexity index is 672. The maximum Gasteiger partial charge on any atom is 0.339 e. The van der Waals surface area contributed by atoms with Crippen LogP contribution in [-0.2, 0) is 16.8 Å². The van der Waals surface area contributed by atoms with Crippen LogP contribution in [0, 0.1) is 6.92 Å². The third-order valence-corrected chi connectivity index (χ3v) is 4.10. The van der Waals surface area contributed by atoms with Crippen LogP contribution in [0.25, 0.3) is 0 Å². The van der Waals surface area contributed by atoms with Gasteiger partial charge in [0.25, 0.3) is 0 Å². The summed E-state index contributed by atoms with van der Waals surface area (Å²) >= 11 is 5.90. The van der Waals surface area contributed by atoms with Crippen molar-refractivity contribution in [3.05, 3.63) is 69.7 Å². The first-order valence-corrected chi connectivity index (χ1v) is 7.80. The number of benzene rings is 2. The molecule has 0 bridgehead atoms. The molecule has 3 heteroatoms. The Balaban J connectivity index is 2.20. The first-order chi connectivity index (χ1) is 10.3. The molecular weight excluding hydrogens is 296 g/mol. The summed E-state index contributed by atoms with van der Waals surface area (Å²) in [5.41, 5.74) is 3.14. The van der Waals surface area contributed by atoms with E-state index in [0.717, 1.165) is 17.5 Å². The number of hydrogen-bond acceptors (Lipinski definition) is 2. The van der Waals surface area contributed by atoms with E-state index in [1.54, 1.807) is 12.1 Å². The van der Waals surface area contributed by atoms with Gasteiger partial charge >= 0.3 is 5.97 Å². The maximum absolute atomic E-state index is 12.4. The largest absolute Gasteiger partial charge is 0.451 e. The maximum atomic E-state index is 12.4. The molecule has 22 heavy (non-hydrogen) atoms. The van der Waals surface area contributed by atoms with Crippen LogP contribution in [0.2, 0.25) is 5.02 Å². The normalized spacial score (nSPS) is 11.3. The number of esters is 1. The minimum atomic E-state index is -0.709. The van der Waals surface area contributed by atoms with Gasteiger partial charge in [0.1, 0.15) is 5.60 Å². The Morgan fingerprint density at radius 3 is 2.32 bits per heavy atom. The number of aryl methyl sites for hydroxylation is 2. The van der Waals surface area contributed by atoms with Gasteiger partial charge in [-0.25, -0.2) is 4.79 Å². The van der Waals surface area contributed by atoms with E-state index >= 15 is 0 Å². The first kappa shape index (κ1) is 16.6. The summed E-state index contributed by atoms with van der Waals surface area (Å²) in [6.07, 6.45) is 0.956. The van der Waals surface area contributed by atoms with Crippen molar-refractivity contribution in [2.24, 2.45) is 0 Å². The molecule has 0 aliphatic rings. The lowest BCUT2D eigenvalue weighted by Crippen LogP contribution is -2.25. The fourth-order valence-electron chi connectivity index (χ4n) is 2.42. The highest BCUT2D eigenvalue weighted by molar-refractivity contribution is 6.30. The fraction of sp³-hybridized carbons (Fsp3) is 0.316. The van der Waals surface area contributed by atoms with E-state index in [0.29, 0.717) is 10.6 Å². The average molecular weight is 317 g/mol. The number of rotatable bonds is 4. The molecule has 0 atom stereocenters. The minimum absolute atomic E-state index is 0.314. The Hall–Kier alpha value is -1.80. The molecule has 2 rings (SSSR count). The van der Waals surface area contributed by atoms with Crippen LogP contribution in [-0.4, -0.2) is 5.97 Å². The predicted molar refractivity (Wildman–Crippen MR) is 90.5 cm³/mol. The molecule has 0 aliphatic carbocycles. The molecule has 0 fully saturated rings. The van der Waals surface area contributed by atoms with Crippen molar-refractivity contribution in [3.8, 4) is 0 Å². The molecule has 2 aromatic rings. The standard InChI is InChI=1S/C19H21ClO2/c1-5-14-6-7-15(12-13(14)2)18(21)22-19(3,4)16-8-10-17(20)11-9-16/h6-12H,5H2,1-4H3. The van der Waals surface area contributed by atoms with Crippen molar-refractivity contribution in [1.82, 2.24) is 0 Å². The zero-order chi connectivity index (χ0) is 16.3. The topological polar surface area (TPSA) is 26.3 Å². The van der Waals surface area contributed by atoms with Crippen molar-refractivity contribution in [2.75, 3.05) is 0 Å². The van der Waals surface area contributed by atoms with Gasteiger partial charge < -0.3 is 4.74 Å². The van der Waals surface area contributed by atoms with Gasteiger partial charge in [0, 0.05) is 5.02 Å². The summed E-state index contributed by atoms with van der Waals surface area (Å²) in [5, 5.41) is 0.664. The van der Waals surface area contributed by atoms with E-state index < -0.39 is 5.60 Å². The second-order valence-corrected chi connectivity index (χ2v) is 6.34. The molecule has 2 nitrogen and oxygen atoms in total. The molecule has 0 amide bonds. The van der Waals surface area contributed by atoms with Crippen molar-refractivity contribution < 1.29 is 9.53 Å². The Morgan fingerprint density at radius 1 is 1.14 bits per heavy atom. The smallest absolute Gasteiger partial charge is 0.339 e. The van der Waals surface area contributed by atoms with E-state index in [4.69, 9.17) is 16.3 Å². The summed E-state index contributed by atoms with van der Waals surface area (Å²) in [5.74, 6) is -0.314. The highest BCUT2D eigenvalue weighted by Crippen LogP contribution is 2.27. The fourth-order valence-corrected chi connectivity index (χ4v) is 2.55. The molecule has 0 saturated heterocycles. The first-order valence-electron chi connectivity index (χ1n) is 7.42. The van der Waals surface area contributed by atoms with E-state index in [1.165, 1.54) is 5.56 Å². The third-order valence-electron chi connectivity index (χ3n) is 3.85. The predicted octanol–water partition coefficient (Wildman–Crippen LogP) is 5.30. The summed E-state index contributed by atoms with van der Waals surface area (Å²) in [6, 6.07) is 13.0. The summed E-state index contributed by atoms with van der Waals surface area (Å²) in [6.45, 7) is 7.87. The van der Waals surface area contributed by atoms with E-state index in [2.05, 4.69) is 6.92 Å². The highest BCUT2D eigenvalue weighted by Gasteiger charge is 2.26. The van der Waals surface area contributed by atoms with Crippen LogP contribution in [0.15, 0.2) is 42.5 Å². The van der Waals surface area contributed by atoms with E-state index in [9.17, 15) is 4.79 Å². The average Bonchev–Trinajstić information content (AvgIpc) is 2.47. The van der Waals surface area contributed by atoms with Gasteiger partial charge in [-0.3, -0.25) is 0 Å². The van der Waals surface area contributed by atoms with Gasteiger partial charge in [0.2, 0.25) is 0 Å². The lowest BCUT2D eigenvalue weighted by atomic mass is 9.98. The lowest BCUT2D eigenvalue weighted by molar-refractivity contribution is -0.00313. The molecule has 0 aliphatic heterocycles. The van der Waals surface area contributed by atoms with Crippen molar-refractivity contribution in [1.29, 1.82) is 0 Å². The van der Waals surface area contributed by atoms with Crippen molar-refractivity contribution in [2.45, 2.75) is 39.7 Å². The molecule has 0 aromatic heterocycles. The highest BCUT2D eigenvalue weighted by atomic mass is 35.5.